The van der Waals surface area contributed by atoms with Gasteiger partial charge in [-0.2, -0.15) is 0 Å². The maximum Gasteiger partial charge on any atom is 0.0895 e. The number of hydrogen-bond acceptors (Lipinski definition) is 2. The lowest BCUT2D eigenvalue weighted by atomic mass is 10.0. The second kappa shape index (κ2) is 4.34. The van der Waals surface area contributed by atoms with E-state index in [0.29, 0.717) is 0 Å². The molecule has 0 amide bonds. The number of nitrogens with zero attached hydrogens (tertiary/aromatic N) is 1. The van der Waals surface area contributed by atoms with Crippen LogP contribution in [-0.4, -0.2) is 9.97 Å². The van der Waals surface area contributed by atoms with Crippen LogP contribution in [0.25, 0.3) is 52.9 Å². The highest BCUT2D eigenvalue weighted by molar-refractivity contribution is 7.26. The molecule has 3 aromatic heterocycles. The molecule has 0 bridgehead atoms. The summed E-state index contributed by atoms with van der Waals surface area (Å²) in [4.78, 5) is 8.32. The van der Waals surface area contributed by atoms with Crippen LogP contribution in [0.1, 0.15) is 0 Å². The Balaban J connectivity index is 1.98. The lowest BCUT2D eigenvalue weighted by Crippen LogP contribution is -1.79. The summed E-state index contributed by atoms with van der Waals surface area (Å²) in [6.45, 7) is 0. The number of thiophene rings is 1. The molecule has 3 heterocycles. The predicted molar refractivity (Wildman–Crippen MR) is 104 cm³/mol. The summed E-state index contributed by atoms with van der Waals surface area (Å²) < 4.78 is 2.54. The highest BCUT2D eigenvalue weighted by Crippen LogP contribution is 2.41. The highest BCUT2D eigenvalue weighted by Gasteiger charge is 2.14. The van der Waals surface area contributed by atoms with E-state index in [9.17, 15) is 0 Å². The van der Waals surface area contributed by atoms with Crippen LogP contribution >= 0.6 is 11.3 Å². The first-order valence-electron chi connectivity index (χ1n) is 7.99. The van der Waals surface area contributed by atoms with Crippen LogP contribution in [-0.2, 0) is 0 Å². The predicted octanol–water partition coefficient (Wildman–Crippen LogP) is 6.24. The largest absolute Gasteiger partial charge is 0.354 e. The molecule has 3 aromatic carbocycles. The van der Waals surface area contributed by atoms with Crippen LogP contribution in [0.2, 0.25) is 0 Å². The van der Waals surface area contributed by atoms with E-state index in [4.69, 9.17) is 0 Å². The van der Waals surface area contributed by atoms with E-state index in [1.807, 2.05) is 23.6 Å². The first kappa shape index (κ1) is 12.5. The van der Waals surface area contributed by atoms with Crippen molar-refractivity contribution in [3.63, 3.8) is 0 Å². The van der Waals surface area contributed by atoms with Crippen molar-refractivity contribution in [2.24, 2.45) is 0 Å². The van der Waals surface area contributed by atoms with Crippen LogP contribution in [0.4, 0.5) is 0 Å². The molecule has 0 fully saturated rings. The molecule has 6 rings (SSSR count). The van der Waals surface area contributed by atoms with E-state index in [0.717, 1.165) is 5.52 Å². The molecule has 6 aromatic rings. The Kier molecular flexibility index (Phi) is 2.26. The number of nitrogens with one attached hydrogen (secondary N) is 1. The van der Waals surface area contributed by atoms with Gasteiger partial charge >= 0.3 is 0 Å². The molecule has 0 aliphatic rings. The third-order valence-electron chi connectivity index (χ3n) is 4.85. The molecule has 0 aliphatic heterocycles. The van der Waals surface area contributed by atoms with Gasteiger partial charge in [0.1, 0.15) is 0 Å². The number of aromatic amines is 1. The summed E-state index contributed by atoms with van der Waals surface area (Å²) in [5.74, 6) is 0. The molecule has 0 unspecified atom stereocenters. The summed E-state index contributed by atoms with van der Waals surface area (Å²) in [6, 6.07) is 21.6. The van der Waals surface area contributed by atoms with Gasteiger partial charge in [-0.25, -0.2) is 0 Å². The fourth-order valence-corrected chi connectivity index (χ4v) is 4.89. The Labute approximate surface area is 141 Å². The van der Waals surface area contributed by atoms with Gasteiger partial charge in [-0.15, -0.1) is 11.3 Å². The van der Waals surface area contributed by atoms with Crippen LogP contribution in [0.15, 0.2) is 66.9 Å². The van der Waals surface area contributed by atoms with Gasteiger partial charge in [-0.3, -0.25) is 4.98 Å². The minimum Gasteiger partial charge on any atom is -0.354 e. The molecular weight excluding hydrogens is 312 g/mol. The molecule has 1 N–H and O–H groups in total. The average Bonchev–Trinajstić information content (AvgIpc) is 3.19. The third kappa shape index (κ3) is 1.47. The first-order valence-corrected chi connectivity index (χ1v) is 8.81. The number of para-hydroxylation sites is 1. The molecular formula is C21H12N2S. The van der Waals surface area contributed by atoms with Crippen LogP contribution in [0, 0.1) is 0 Å². The number of hydrogen-bond donors (Lipinski definition) is 1. The van der Waals surface area contributed by atoms with Gasteiger partial charge in [0.25, 0.3) is 0 Å². The van der Waals surface area contributed by atoms with Crippen LogP contribution in [0.5, 0.6) is 0 Å². The van der Waals surface area contributed by atoms with E-state index in [2.05, 4.69) is 64.6 Å². The van der Waals surface area contributed by atoms with Gasteiger partial charge in [0.2, 0.25) is 0 Å². The second-order valence-corrected chi connectivity index (χ2v) is 7.23. The normalized spacial score (nSPS) is 12.2. The number of H-pyrrole nitrogens is 1. The monoisotopic (exact) mass is 324 g/mol. The molecule has 0 aliphatic carbocycles. The van der Waals surface area contributed by atoms with E-state index in [-0.39, 0.29) is 0 Å². The Morgan fingerprint density at radius 1 is 0.750 bits per heavy atom. The molecule has 24 heavy (non-hydrogen) atoms. The van der Waals surface area contributed by atoms with E-state index >= 15 is 0 Å². The smallest absolute Gasteiger partial charge is 0.0895 e. The summed E-state index contributed by atoms with van der Waals surface area (Å²) in [5, 5.41) is 6.36. The van der Waals surface area contributed by atoms with Crippen molar-refractivity contribution in [1.82, 2.24) is 9.97 Å². The van der Waals surface area contributed by atoms with Gasteiger partial charge in [-0.1, -0.05) is 36.4 Å². The van der Waals surface area contributed by atoms with Gasteiger partial charge in [0.15, 0.2) is 0 Å². The number of benzene rings is 3. The third-order valence-corrected chi connectivity index (χ3v) is 5.96. The minimum atomic E-state index is 1.11. The molecule has 0 atom stereocenters. The zero-order valence-corrected chi connectivity index (χ0v) is 13.5. The van der Waals surface area contributed by atoms with Crippen molar-refractivity contribution in [2.45, 2.75) is 0 Å². The SMILES string of the molecule is c1ccc2c(c1)[nH]c1c2ccc2ccc3sc4cccnc4c3c21. The molecule has 0 radical (unpaired) electrons. The van der Waals surface area contributed by atoms with Gasteiger partial charge < -0.3 is 4.98 Å². The Bertz CT molecular complexity index is 1410. The van der Waals surface area contributed by atoms with Crippen molar-refractivity contribution in [1.29, 1.82) is 0 Å². The molecule has 0 saturated heterocycles. The maximum atomic E-state index is 4.68. The Morgan fingerprint density at radius 3 is 2.67 bits per heavy atom. The van der Waals surface area contributed by atoms with Crippen LogP contribution < -0.4 is 0 Å². The quantitative estimate of drug-likeness (QED) is 0.352. The molecule has 2 nitrogen and oxygen atoms in total. The molecule has 3 heteroatoms. The summed E-state index contributed by atoms with van der Waals surface area (Å²) in [5.41, 5.74) is 3.50. The van der Waals surface area contributed by atoms with E-state index < -0.39 is 0 Å². The number of rotatable bonds is 0. The molecule has 0 saturated carbocycles. The zero-order chi connectivity index (χ0) is 15.7. The minimum absolute atomic E-state index is 1.11. The molecule has 112 valence electrons. The number of aromatic nitrogens is 2. The fourth-order valence-electron chi connectivity index (χ4n) is 3.81. The highest BCUT2D eigenvalue weighted by atomic mass is 32.1. The van der Waals surface area contributed by atoms with Gasteiger partial charge in [-0.05, 0) is 29.7 Å². The second-order valence-electron chi connectivity index (χ2n) is 6.15. The number of pyridine rings is 1. The first-order chi connectivity index (χ1) is 11.9. The summed E-state index contributed by atoms with van der Waals surface area (Å²) in [7, 11) is 0. The lowest BCUT2D eigenvalue weighted by molar-refractivity contribution is 1.44. The van der Waals surface area contributed by atoms with Crippen molar-refractivity contribution >= 4 is 64.2 Å². The standard InChI is InChI=1S/C21H12N2S/c1-2-5-15-13(4-1)14-9-7-12-8-10-16-19(18(12)20(14)23-15)21-17(24-16)6-3-11-22-21/h1-11,23H. The van der Waals surface area contributed by atoms with Gasteiger partial charge in [0, 0.05) is 38.0 Å². The Morgan fingerprint density at radius 2 is 1.67 bits per heavy atom. The van der Waals surface area contributed by atoms with E-state index in [1.54, 1.807) is 0 Å². The van der Waals surface area contributed by atoms with Crippen molar-refractivity contribution in [3.05, 3.63) is 66.9 Å². The van der Waals surface area contributed by atoms with Crippen LogP contribution in [0.3, 0.4) is 0 Å². The van der Waals surface area contributed by atoms with Crippen molar-refractivity contribution in [2.75, 3.05) is 0 Å². The summed E-state index contributed by atoms with van der Waals surface area (Å²) >= 11 is 1.82. The van der Waals surface area contributed by atoms with Crippen molar-refractivity contribution in [3.8, 4) is 0 Å². The molecule has 0 spiro atoms. The average molecular weight is 324 g/mol. The lowest BCUT2D eigenvalue weighted by Gasteiger charge is -2.02. The fraction of sp³-hybridized carbons (Fsp3) is 0. The van der Waals surface area contributed by atoms with Crippen molar-refractivity contribution < 1.29 is 0 Å². The topological polar surface area (TPSA) is 28.7 Å². The van der Waals surface area contributed by atoms with E-state index in [1.165, 1.54) is 47.4 Å². The van der Waals surface area contributed by atoms with Gasteiger partial charge in [0.05, 0.1) is 15.7 Å². The summed E-state index contributed by atoms with van der Waals surface area (Å²) in [6.07, 6.45) is 1.89. The zero-order valence-electron chi connectivity index (χ0n) is 12.7. The maximum absolute atomic E-state index is 4.68. The number of fused-ring (bicyclic) bond motifs is 9. The Hall–Kier alpha value is -2.91.